The van der Waals surface area contributed by atoms with Crippen LogP contribution in [0, 0.1) is 0 Å². The van der Waals surface area contributed by atoms with E-state index in [9.17, 15) is 4.79 Å². The molecule has 2 aromatic rings. The molecule has 0 saturated carbocycles. The minimum absolute atomic E-state index is 0.0300. The predicted octanol–water partition coefficient (Wildman–Crippen LogP) is 2.27. The minimum atomic E-state index is -1.03. The van der Waals surface area contributed by atoms with E-state index in [0.29, 0.717) is 25.6 Å². The lowest BCUT2D eigenvalue weighted by atomic mass is 10.0. The molecule has 1 aromatic carbocycles. The van der Waals surface area contributed by atoms with Crippen molar-refractivity contribution in [1.82, 2.24) is 9.88 Å². The van der Waals surface area contributed by atoms with Crippen LogP contribution in [0.25, 0.3) is 0 Å². The first kappa shape index (κ1) is 18.2. The largest absolute Gasteiger partial charge is 0.497 e. The molecule has 1 aliphatic rings. The molecule has 1 atom stereocenters. The Bertz CT molecular complexity index is 730. The van der Waals surface area contributed by atoms with E-state index < -0.39 is 5.97 Å². The highest BCUT2D eigenvalue weighted by Crippen LogP contribution is 2.24. The van der Waals surface area contributed by atoms with E-state index in [1.807, 2.05) is 12.1 Å². The number of nitrogens with zero attached hydrogens (tertiary/aromatic N) is 2. The zero-order valence-corrected chi connectivity index (χ0v) is 14.7. The van der Waals surface area contributed by atoms with Crippen LogP contribution < -0.4 is 10.1 Å². The summed E-state index contributed by atoms with van der Waals surface area (Å²) < 4.78 is 10.7. The number of methoxy groups -OCH3 is 1. The molecule has 1 aliphatic heterocycles. The van der Waals surface area contributed by atoms with Gasteiger partial charge in [0.2, 0.25) is 0 Å². The van der Waals surface area contributed by atoms with E-state index in [0.717, 1.165) is 24.4 Å². The summed E-state index contributed by atoms with van der Waals surface area (Å²) in [5, 5.41) is 12.4. The summed E-state index contributed by atoms with van der Waals surface area (Å²) in [6.07, 6.45) is 0. The fourth-order valence-electron chi connectivity index (χ4n) is 3.03. The number of hydrogen-bond acceptors (Lipinski definition) is 6. The molecule has 138 valence electrons. The summed E-state index contributed by atoms with van der Waals surface area (Å²) in [6.45, 7) is 3.73. The molecule has 0 radical (unpaired) electrons. The fraction of sp³-hybridized carbons (Fsp3) is 0.368. The van der Waals surface area contributed by atoms with Gasteiger partial charge >= 0.3 is 5.97 Å². The number of nitrogens with one attached hydrogen (secondary N) is 1. The highest BCUT2D eigenvalue weighted by molar-refractivity contribution is 5.85. The summed E-state index contributed by atoms with van der Waals surface area (Å²) in [4.78, 5) is 17.6. The molecule has 1 fully saturated rings. The summed E-state index contributed by atoms with van der Waals surface area (Å²) in [7, 11) is 1.65. The number of morpholine rings is 1. The highest BCUT2D eigenvalue weighted by atomic mass is 16.5. The normalized spacial score (nSPS) is 16.0. The number of carboxylic acid groups (broad SMARTS) is 1. The number of hydrogen-bond donors (Lipinski definition) is 2. The van der Waals surface area contributed by atoms with E-state index in [1.165, 1.54) is 6.07 Å². The highest BCUT2D eigenvalue weighted by Gasteiger charge is 2.22. The fourth-order valence-corrected chi connectivity index (χ4v) is 3.03. The second-order valence-electron chi connectivity index (χ2n) is 6.03. The Hall–Kier alpha value is -2.64. The van der Waals surface area contributed by atoms with Crippen LogP contribution in [0.15, 0.2) is 42.5 Å². The first-order chi connectivity index (χ1) is 12.7. The Morgan fingerprint density at radius 3 is 2.65 bits per heavy atom. The monoisotopic (exact) mass is 357 g/mol. The average Bonchev–Trinajstić information content (AvgIpc) is 2.69. The summed E-state index contributed by atoms with van der Waals surface area (Å²) in [5.41, 5.74) is 1.19. The van der Waals surface area contributed by atoms with Crippen LogP contribution in [-0.2, 0) is 4.74 Å². The van der Waals surface area contributed by atoms with Crippen LogP contribution in [0.5, 0.6) is 5.75 Å². The van der Waals surface area contributed by atoms with Crippen LogP contribution >= 0.6 is 0 Å². The van der Waals surface area contributed by atoms with Crippen molar-refractivity contribution in [2.45, 2.75) is 6.04 Å². The molecule has 2 N–H and O–H groups in total. The number of pyridine rings is 1. The van der Waals surface area contributed by atoms with Crippen molar-refractivity contribution in [3.63, 3.8) is 0 Å². The SMILES string of the molecule is COc1ccc(C(CNc2cccc(C(=O)O)n2)N2CCOCC2)cc1. The maximum atomic E-state index is 11.1. The van der Waals surface area contributed by atoms with Crippen molar-refractivity contribution in [2.24, 2.45) is 0 Å². The molecule has 7 nitrogen and oxygen atoms in total. The number of carbonyl (C=O) groups is 1. The Morgan fingerprint density at radius 1 is 1.27 bits per heavy atom. The third kappa shape index (κ3) is 4.50. The molecule has 26 heavy (non-hydrogen) atoms. The van der Waals surface area contributed by atoms with Gasteiger partial charge in [0, 0.05) is 19.6 Å². The van der Waals surface area contributed by atoms with Crippen molar-refractivity contribution in [3.05, 3.63) is 53.7 Å². The smallest absolute Gasteiger partial charge is 0.354 e. The zero-order valence-electron chi connectivity index (χ0n) is 14.7. The van der Waals surface area contributed by atoms with Crippen molar-refractivity contribution in [3.8, 4) is 5.75 Å². The molecule has 1 unspecified atom stereocenters. The molecule has 1 aromatic heterocycles. The van der Waals surface area contributed by atoms with E-state index in [-0.39, 0.29) is 11.7 Å². The maximum absolute atomic E-state index is 11.1. The lowest BCUT2D eigenvalue weighted by molar-refractivity contribution is 0.0187. The van der Waals surface area contributed by atoms with E-state index in [1.54, 1.807) is 19.2 Å². The van der Waals surface area contributed by atoms with Crippen LogP contribution in [0.3, 0.4) is 0 Å². The number of anilines is 1. The third-order valence-electron chi connectivity index (χ3n) is 4.43. The average molecular weight is 357 g/mol. The van der Waals surface area contributed by atoms with E-state index in [4.69, 9.17) is 14.6 Å². The number of carboxylic acids is 1. The second kappa shape index (κ2) is 8.64. The number of ether oxygens (including phenoxy) is 2. The maximum Gasteiger partial charge on any atom is 0.354 e. The molecular weight excluding hydrogens is 334 g/mol. The van der Waals surface area contributed by atoms with Crippen molar-refractivity contribution in [2.75, 3.05) is 45.3 Å². The molecule has 1 saturated heterocycles. The first-order valence-electron chi connectivity index (χ1n) is 8.57. The predicted molar refractivity (Wildman–Crippen MR) is 97.8 cm³/mol. The Kier molecular flexibility index (Phi) is 6.04. The van der Waals surface area contributed by atoms with Gasteiger partial charge in [0.05, 0.1) is 26.4 Å². The van der Waals surface area contributed by atoms with Gasteiger partial charge in [-0.2, -0.15) is 0 Å². The van der Waals surface area contributed by atoms with Gasteiger partial charge in [-0.1, -0.05) is 18.2 Å². The van der Waals surface area contributed by atoms with E-state index >= 15 is 0 Å². The second-order valence-corrected chi connectivity index (χ2v) is 6.03. The third-order valence-corrected chi connectivity index (χ3v) is 4.43. The van der Waals surface area contributed by atoms with Gasteiger partial charge in [0.15, 0.2) is 5.69 Å². The van der Waals surface area contributed by atoms with Gasteiger partial charge in [-0.05, 0) is 29.8 Å². The molecule has 0 bridgehead atoms. The van der Waals surface area contributed by atoms with Crippen LogP contribution in [0.2, 0.25) is 0 Å². The molecule has 7 heteroatoms. The molecule has 2 heterocycles. The number of rotatable bonds is 7. The lowest BCUT2D eigenvalue weighted by Crippen LogP contribution is -2.41. The Labute approximate surface area is 152 Å². The minimum Gasteiger partial charge on any atom is -0.497 e. The Balaban J connectivity index is 1.76. The van der Waals surface area contributed by atoms with Gasteiger partial charge < -0.3 is 19.9 Å². The molecular formula is C19H23N3O4. The molecule has 0 aliphatic carbocycles. The summed E-state index contributed by atoms with van der Waals surface area (Å²) in [6, 6.07) is 13.1. The topological polar surface area (TPSA) is 83.9 Å². The van der Waals surface area contributed by atoms with Gasteiger partial charge in [-0.3, -0.25) is 4.90 Å². The Morgan fingerprint density at radius 2 is 2.00 bits per heavy atom. The molecule has 3 rings (SSSR count). The molecule has 0 spiro atoms. The van der Waals surface area contributed by atoms with Gasteiger partial charge in [0.25, 0.3) is 0 Å². The first-order valence-corrected chi connectivity index (χ1v) is 8.57. The van der Waals surface area contributed by atoms with Crippen LogP contribution in [-0.4, -0.2) is 60.9 Å². The summed E-state index contributed by atoms with van der Waals surface area (Å²) in [5.74, 6) is 0.337. The van der Waals surface area contributed by atoms with Crippen LogP contribution in [0.1, 0.15) is 22.1 Å². The lowest BCUT2D eigenvalue weighted by Gasteiger charge is -2.35. The van der Waals surface area contributed by atoms with E-state index in [2.05, 4.69) is 27.3 Å². The molecule has 0 amide bonds. The van der Waals surface area contributed by atoms with Crippen molar-refractivity contribution < 1.29 is 19.4 Å². The van der Waals surface area contributed by atoms with Gasteiger partial charge in [-0.15, -0.1) is 0 Å². The van der Waals surface area contributed by atoms with Gasteiger partial charge in [0.1, 0.15) is 11.6 Å². The standard InChI is InChI=1S/C19H23N3O4/c1-25-15-7-5-14(6-8-15)17(22-9-11-26-12-10-22)13-20-18-4-2-3-16(21-18)19(23)24/h2-8,17H,9-13H2,1H3,(H,20,21)(H,23,24). The quantitative estimate of drug-likeness (QED) is 0.786. The number of aromatic carboxylic acids is 1. The zero-order chi connectivity index (χ0) is 18.4. The number of benzene rings is 1. The van der Waals surface area contributed by atoms with Gasteiger partial charge in [-0.25, -0.2) is 9.78 Å². The summed E-state index contributed by atoms with van der Waals surface area (Å²) >= 11 is 0. The van der Waals surface area contributed by atoms with Crippen molar-refractivity contribution >= 4 is 11.8 Å². The van der Waals surface area contributed by atoms with Crippen molar-refractivity contribution in [1.29, 1.82) is 0 Å². The van der Waals surface area contributed by atoms with Crippen LogP contribution in [0.4, 0.5) is 5.82 Å². The number of aromatic nitrogens is 1.